The zero-order valence-corrected chi connectivity index (χ0v) is 27.8. The van der Waals surface area contributed by atoms with E-state index in [2.05, 4.69) is 42.2 Å². The van der Waals surface area contributed by atoms with Gasteiger partial charge in [0.05, 0.1) is 60.0 Å². The Balaban J connectivity index is 1.12. The molecule has 3 heterocycles. The van der Waals surface area contributed by atoms with Crippen LogP contribution in [0.15, 0.2) is 73.2 Å². The Hall–Kier alpha value is -4.48. The van der Waals surface area contributed by atoms with Gasteiger partial charge in [0.25, 0.3) is 5.91 Å². The molecule has 3 aromatic carbocycles. The maximum absolute atomic E-state index is 13.5. The predicted octanol–water partition coefficient (Wildman–Crippen LogP) is 6.59. The normalized spacial score (nSPS) is 13.8. The molecule has 5 aromatic rings. The number of pyridine rings is 1. The van der Waals surface area contributed by atoms with Gasteiger partial charge in [-0.05, 0) is 35.9 Å². The number of methoxy groups -OCH3 is 3. The van der Waals surface area contributed by atoms with E-state index in [0.717, 1.165) is 50.7 Å². The minimum absolute atomic E-state index is 0.295. The number of benzene rings is 3. The first-order valence-electron chi connectivity index (χ1n) is 15.1. The molecule has 10 nitrogen and oxygen atoms in total. The number of nitrogens with zero attached hydrogens (tertiary/aromatic N) is 5. The average molecular weight is 674 g/mol. The number of nitrogens with one attached hydrogen (secondary N) is 1. The van der Waals surface area contributed by atoms with Crippen molar-refractivity contribution in [3.8, 4) is 28.4 Å². The largest absolute Gasteiger partial charge is 0.497 e. The summed E-state index contributed by atoms with van der Waals surface area (Å²) in [6, 6.07) is 17.1. The maximum atomic E-state index is 13.5. The zero-order valence-electron chi connectivity index (χ0n) is 26.3. The van der Waals surface area contributed by atoms with E-state index in [1.807, 2.05) is 24.3 Å². The van der Waals surface area contributed by atoms with E-state index in [-0.39, 0.29) is 5.91 Å². The van der Waals surface area contributed by atoms with Crippen molar-refractivity contribution in [3.63, 3.8) is 0 Å². The van der Waals surface area contributed by atoms with Crippen LogP contribution in [0.1, 0.15) is 21.6 Å². The van der Waals surface area contributed by atoms with E-state index in [4.69, 9.17) is 37.4 Å². The van der Waals surface area contributed by atoms with Gasteiger partial charge in [-0.2, -0.15) is 0 Å². The Morgan fingerprint density at radius 3 is 2.00 bits per heavy atom. The number of fused-ring (bicyclic) bond motifs is 1. The number of aromatic nitrogens is 3. The number of ether oxygens (including phenoxy) is 3. The molecule has 47 heavy (non-hydrogen) atoms. The van der Waals surface area contributed by atoms with Gasteiger partial charge in [-0.15, -0.1) is 0 Å². The lowest BCUT2D eigenvalue weighted by Gasteiger charge is -2.34. The number of carbonyl (C=O) groups is 1. The fourth-order valence-corrected chi connectivity index (χ4v) is 6.38. The summed E-state index contributed by atoms with van der Waals surface area (Å²) in [7, 11) is 4.70. The molecular formula is C35H34Cl2N6O4. The van der Waals surface area contributed by atoms with Gasteiger partial charge in [-0.3, -0.25) is 29.5 Å². The number of hydrogen-bond acceptors (Lipinski definition) is 9. The van der Waals surface area contributed by atoms with Gasteiger partial charge >= 0.3 is 0 Å². The van der Waals surface area contributed by atoms with Gasteiger partial charge in [-0.25, -0.2) is 0 Å². The summed E-state index contributed by atoms with van der Waals surface area (Å²) >= 11 is 13.4. The zero-order chi connectivity index (χ0) is 32.9. The fourth-order valence-electron chi connectivity index (χ4n) is 5.68. The SMILES string of the molecule is COc1ccc(CN2CCN(Cc3ccc(NC(=O)c4ccc(-c5c(Cl)c(OC)cc(OC)c5Cl)c5nccnc45)cn3)CC2)cc1. The van der Waals surface area contributed by atoms with Crippen LogP contribution < -0.4 is 19.5 Å². The minimum Gasteiger partial charge on any atom is -0.497 e. The fraction of sp³-hybridized carbons (Fsp3) is 0.257. The molecule has 6 rings (SSSR count). The highest BCUT2D eigenvalue weighted by molar-refractivity contribution is 6.41. The molecule has 0 bridgehead atoms. The molecule has 2 aromatic heterocycles. The molecule has 0 radical (unpaired) electrons. The predicted molar refractivity (Wildman–Crippen MR) is 184 cm³/mol. The molecule has 0 spiro atoms. The van der Waals surface area contributed by atoms with Crippen LogP contribution in [0.2, 0.25) is 10.0 Å². The van der Waals surface area contributed by atoms with Crippen molar-refractivity contribution in [2.45, 2.75) is 13.1 Å². The number of carbonyl (C=O) groups excluding carboxylic acids is 1. The summed E-state index contributed by atoms with van der Waals surface area (Å²) < 4.78 is 16.1. The molecule has 1 aliphatic rings. The Kier molecular flexibility index (Phi) is 10.0. The third-order valence-electron chi connectivity index (χ3n) is 8.21. The standard InChI is InChI=1S/C35H34Cl2N6O4/c1-45-25-8-4-22(5-9-25)20-42-14-16-43(17-15-42)21-24-7-6-23(19-40-24)41-35(44)27-11-10-26(33-34(27)39-13-12-38-33)30-31(36)28(46-2)18-29(47-3)32(30)37/h4-13,18-19H,14-17,20-21H2,1-3H3,(H,41,44). The third-order valence-corrected chi connectivity index (χ3v) is 8.96. The Bertz CT molecular complexity index is 1850. The number of piperazine rings is 1. The van der Waals surface area contributed by atoms with E-state index < -0.39 is 0 Å². The molecule has 1 amide bonds. The number of rotatable bonds is 10. The third kappa shape index (κ3) is 7.11. The van der Waals surface area contributed by atoms with Crippen molar-refractivity contribution in [1.82, 2.24) is 24.8 Å². The van der Waals surface area contributed by atoms with Crippen molar-refractivity contribution in [2.75, 3.05) is 52.8 Å². The van der Waals surface area contributed by atoms with Gasteiger partial charge in [-0.1, -0.05) is 41.4 Å². The van der Waals surface area contributed by atoms with Gasteiger partial charge in [0.15, 0.2) is 0 Å². The Morgan fingerprint density at radius 2 is 1.40 bits per heavy atom. The van der Waals surface area contributed by atoms with Gasteiger partial charge in [0.1, 0.15) is 22.8 Å². The van der Waals surface area contributed by atoms with Crippen LogP contribution in [0, 0.1) is 0 Å². The minimum atomic E-state index is -0.343. The molecule has 1 saturated heterocycles. The topological polar surface area (TPSA) is 102 Å². The van der Waals surface area contributed by atoms with E-state index in [9.17, 15) is 4.79 Å². The van der Waals surface area contributed by atoms with Crippen LogP contribution in [0.25, 0.3) is 22.2 Å². The molecule has 1 N–H and O–H groups in total. The lowest BCUT2D eigenvalue weighted by Crippen LogP contribution is -2.45. The van der Waals surface area contributed by atoms with E-state index in [1.54, 1.807) is 37.7 Å². The summed E-state index contributed by atoms with van der Waals surface area (Å²) in [6.45, 7) is 5.55. The molecule has 12 heteroatoms. The highest BCUT2D eigenvalue weighted by atomic mass is 35.5. The number of halogens is 2. The lowest BCUT2D eigenvalue weighted by molar-refractivity contribution is 0.102. The van der Waals surface area contributed by atoms with E-state index >= 15 is 0 Å². The van der Waals surface area contributed by atoms with Crippen molar-refractivity contribution in [2.24, 2.45) is 0 Å². The van der Waals surface area contributed by atoms with Crippen molar-refractivity contribution in [1.29, 1.82) is 0 Å². The highest BCUT2D eigenvalue weighted by Gasteiger charge is 2.23. The highest BCUT2D eigenvalue weighted by Crippen LogP contribution is 2.47. The van der Waals surface area contributed by atoms with Gasteiger partial charge < -0.3 is 19.5 Å². The van der Waals surface area contributed by atoms with Crippen LogP contribution in [0.3, 0.4) is 0 Å². The summed E-state index contributed by atoms with van der Waals surface area (Å²) in [5.74, 6) is 1.32. The molecular weight excluding hydrogens is 639 g/mol. The first-order valence-corrected chi connectivity index (χ1v) is 15.8. The molecule has 0 unspecified atom stereocenters. The van der Waals surface area contributed by atoms with Crippen LogP contribution >= 0.6 is 23.2 Å². The second-order valence-corrected chi connectivity index (χ2v) is 11.8. The molecule has 0 aliphatic carbocycles. The second-order valence-electron chi connectivity index (χ2n) is 11.1. The number of amides is 1. The van der Waals surface area contributed by atoms with Crippen molar-refractivity contribution < 1.29 is 19.0 Å². The average Bonchev–Trinajstić information content (AvgIpc) is 3.10. The van der Waals surface area contributed by atoms with Crippen LogP contribution in [0.4, 0.5) is 5.69 Å². The van der Waals surface area contributed by atoms with Gasteiger partial charge in [0, 0.05) is 68.9 Å². The monoisotopic (exact) mass is 672 g/mol. The van der Waals surface area contributed by atoms with E-state index in [0.29, 0.717) is 55.0 Å². The summed E-state index contributed by atoms with van der Waals surface area (Å²) in [5, 5.41) is 3.54. The summed E-state index contributed by atoms with van der Waals surface area (Å²) in [4.78, 5) is 32.0. The Labute approximate surface area is 283 Å². The molecule has 1 aliphatic heterocycles. The molecule has 0 atom stereocenters. The maximum Gasteiger partial charge on any atom is 0.257 e. The first kappa shape index (κ1) is 32.5. The molecule has 1 fully saturated rings. The first-order chi connectivity index (χ1) is 22.9. The van der Waals surface area contributed by atoms with Crippen molar-refractivity contribution >= 4 is 45.8 Å². The van der Waals surface area contributed by atoms with Gasteiger partial charge in [0.2, 0.25) is 0 Å². The summed E-state index contributed by atoms with van der Waals surface area (Å²) in [6.07, 6.45) is 4.77. The molecule has 0 saturated carbocycles. The van der Waals surface area contributed by atoms with Crippen LogP contribution in [0.5, 0.6) is 17.2 Å². The smallest absolute Gasteiger partial charge is 0.257 e. The molecule has 242 valence electrons. The Morgan fingerprint density at radius 1 is 0.766 bits per heavy atom. The second kappa shape index (κ2) is 14.5. The lowest BCUT2D eigenvalue weighted by atomic mass is 9.99. The number of anilines is 1. The number of hydrogen-bond donors (Lipinski definition) is 1. The summed E-state index contributed by atoms with van der Waals surface area (Å²) in [5.41, 5.74) is 5.05. The van der Waals surface area contributed by atoms with Crippen LogP contribution in [-0.4, -0.2) is 78.2 Å². The van der Waals surface area contributed by atoms with Crippen LogP contribution in [-0.2, 0) is 13.1 Å². The quantitative estimate of drug-likeness (QED) is 0.176. The van der Waals surface area contributed by atoms with Crippen molar-refractivity contribution in [3.05, 3.63) is 100 Å². The van der Waals surface area contributed by atoms with E-state index in [1.165, 1.54) is 26.0 Å².